The van der Waals surface area contributed by atoms with E-state index in [1.807, 2.05) is 6.07 Å². The molecule has 5 heteroatoms. The van der Waals surface area contributed by atoms with E-state index in [4.69, 9.17) is 5.26 Å². The van der Waals surface area contributed by atoms with Crippen LogP contribution in [0.1, 0.15) is 23.4 Å². The van der Waals surface area contributed by atoms with Gasteiger partial charge < -0.3 is 0 Å². The molecule has 0 fully saturated rings. The summed E-state index contributed by atoms with van der Waals surface area (Å²) in [5.41, 5.74) is 0.528. The lowest BCUT2D eigenvalue weighted by atomic mass is 10.2. The van der Waals surface area contributed by atoms with Crippen LogP contribution in [0, 0.1) is 18.3 Å². The summed E-state index contributed by atoms with van der Waals surface area (Å²) < 4.78 is 25.4. The van der Waals surface area contributed by atoms with Crippen LogP contribution in [0.2, 0.25) is 0 Å². The van der Waals surface area contributed by atoms with E-state index in [0.717, 1.165) is 0 Å². The average molecular weight is 261 g/mol. The molecule has 0 saturated carbocycles. The maximum absolute atomic E-state index is 12.4. The molecule has 0 spiro atoms. The van der Waals surface area contributed by atoms with Crippen LogP contribution in [-0.4, -0.2) is 4.98 Å². The summed E-state index contributed by atoms with van der Waals surface area (Å²) in [5, 5.41) is 8.44. The van der Waals surface area contributed by atoms with Crippen molar-refractivity contribution in [3.05, 3.63) is 27.5 Å². The van der Waals surface area contributed by atoms with Gasteiger partial charge in [-0.15, -0.1) is 0 Å². The van der Waals surface area contributed by atoms with Crippen molar-refractivity contribution < 1.29 is 8.78 Å². The highest BCUT2D eigenvalue weighted by Gasteiger charge is 2.15. The van der Waals surface area contributed by atoms with Crippen LogP contribution < -0.4 is 0 Å². The summed E-state index contributed by atoms with van der Waals surface area (Å²) >= 11 is 3.17. The largest absolute Gasteiger partial charge is 0.280 e. The number of hydrogen-bond acceptors (Lipinski definition) is 2. The van der Waals surface area contributed by atoms with Crippen molar-refractivity contribution >= 4 is 15.9 Å². The minimum atomic E-state index is -2.60. The third-order valence-corrected chi connectivity index (χ3v) is 2.42. The molecular formula is C9H7BrF2N2. The zero-order valence-corrected chi connectivity index (χ0v) is 8.98. The Morgan fingerprint density at radius 1 is 1.64 bits per heavy atom. The second kappa shape index (κ2) is 4.47. The first kappa shape index (κ1) is 11.1. The van der Waals surface area contributed by atoms with E-state index < -0.39 is 6.43 Å². The van der Waals surface area contributed by atoms with Crippen LogP contribution in [0.4, 0.5) is 8.78 Å². The highest BCUT2D eigenvalue weighted by molar-refractivity contribution is 9.10. The Morgan fingerprint density at radius 2 is 2.29 bits per heavy atom. The van der Waals surface area contributed by atoms with Crippen molar-refractivity contribution in [3.63, 3.8) is 0 Å². The Kier molecular flexibility index (Phi) is 3.53. The molecule has 1 heterocycles. The van der Waals surface area contributed by atoms with Gasteiger partial charge in [-0.1, -0.05) is 0 Å². The minimum absolute atomic E-state index is 0.0284. The number of nitrogens with zero attached hydrogens (tertiary/aromatic N) is 2. The van der Waals surface area contributed by atoms with Crippen LogP contribution in [-0.2, 0) is 6.42 Å². The van der Waals surface area contributed by atoms with E-state index in [9.17, 15) is 8.78 Å². The monoisotopic (exact) mass is 260 g/mol. The van der Waals surface area contributed by atoms with E-state index in [-0.39, 0.29) is 12.1 Å². The van der Waals surface area contributed by atoms with E-state index in [1.165, 1.54) is 0 Å². The quantitative estimate of drug-likeness (QED) is 0.819. The SMILES string of the molecule is Cc1cc(Br)c(CC#N)nc1C(F)F. The van der Waals surface area contributed by atoms with Gasteiger partial charge in [0.1, 0.15) is 5.69 Å². The maximum atomic E-state index is 12.4. The van der Waals surface area contributed by atoms with Gasteiger partial charge in [-0.2, -0.15) is 5.26 Å². The number of rotatable bonds is 2. The molecule has 0 amide bonds. The molecule has 14 heavy (non-hydrogen) atoms. The number of pyridine rings is 1. The molecule has 74 valence electrons. The third kappa shape index (κ3) is 2.26. The lowest BCUT2D eigenvalue weighted by Gasteiger charge is -2.07. The summed E-state index contributed by atoms with van der Waals surface area (Å²) in [6.07, 6.45) is -2.57. The topological polar surface area (TPSA) is 36.7 Å². The van der Waals surface area contributed by atoms with Gasteiger partial charge in [0.25, 0.3) is 6.43 Å². The molecule has 0 aromatic carbocycles. The fourth-order valence-electron chi connectivity index (χ4n) is 1.05. The highest BCUT2D eigenvalue weighted by Crippen LogP contribution is 2.25. The second-order valence-electron chi connectivity index (χ2n) is 2.75. The van der Waals surface area contributed by atoms with Crippen molar-refractivity contribution in [1.82, 2.24) is 4.98 Å². The number of aryl methyl sites for hydroxylation is 1. The van der Waals surface area contributed by atoms with Crippen molar-refractivity contribution in [1.29, 1.82) is 5.26 Å². The molecule has 0 atom stereocenters. The fourth-order valence-corrected chi connectivity index (χ4v) is 1.63. The standard InChI is InChI=1S/C9H7BrF2N2/c1-5-4-6(10)7(2-3-13)14-8(5)9(11)12/h4,9H,2H2,1H3. The van der Waals surface area contributed by atoms with Crippen molar-refractivity contribution in [3.8, 4) is 6.07 Å². The lowest BCUT2D eigenvalue weighted by Crippen LogP contribution is -2.00. The van der Waals surface area contributed by atoms with Crippen LogP contribution in [0.25, 0.3) is 0 Å². The first-order chi connectivity index (χ1) is 6.56. The van der Waals surface area contributed by atoms with E-state index in [0.29, 0.717) is 15.7 Å². The molecule has 1 aromatic rings. The van der Waals surface area contributed by atoms with E-state index >= 15 is 0 Å². The number of hydrogen-bond donors (Lipinski definition) is 0. The first-order valence-electron chi connectivity index (χ1n) is 3.87. The average Bonchev–Trinajstić information content (AvgIpc) is 2.09. The Labute approximate surface area is 88.7 Å². The van der Waals surface area contributed by atoms with Gasteiger partial charge in [0.05, 0.1) is 18.2 Å². The maximum Gasteiger partial charge on any atom is 0.280 e. The van der Waals surface area contributed by atoms with Gasteiger partial charge in [0.15, 0.2) is 0 Å². The summed E-state index contributed by atoms with van der Waals surface area (Å²) in [6.45, 7) is 1.56. The molecule has 0 bridgehead atoms. The van der Waals surface area contributed by atoms with Gasteiger partial charge in [0, 0.05) is 4.47 Å². The second-order valence-corrected chi connectivity index (χ2v) is 3.61. The minimum Gasteiger partial charge on any atom is -0.249 e. The molecule has 0 aliphatic heterocycles. The van der Waals surface area contributed by atoms with Crippen molar-refractivity contribution in [2.24, 2.45) is 0 Å². The molecule has 1 aromatic heterocycles. The fraction of sp³-hybridized carbons (Fsp3) is 0.333. The third-order valence-electron chi connectivity index (χ3n) is 1.73. The van der Waals surface area contributed by atoms with Gasteiger partial charge in [-0.3, -0.25) is 0 Å². The molecule has 0 radical (unpaired) electrons. The highest BCUT2D eigenvalue weighted by atomic mass is 79.9. The molecule has 2 nitrogen and oxygen atoms in total. The van der Waals surface area contributed by atoms with Crippen LogP contribution in [0.15, 0.2) is 10.5 Å². The number of alkyl halides is 2. The van der Waals surface area contributed by atoms with Gasteiger partial charge in [-0.25, -0.2) is 13.8 Å². The zero-order chi connectivity index (χ0) is 10.7. The Morgan fingerprint density at radius 3 is 2.79 bits per heavy atom. The molecular weight excluding hydrogens is 254 g/mol. The summed E-state index contributed by atoms with van der Waals surface area (Å²) in [6, 6.07) is 3.43. The van der Waals surface area contributed by atoms with E-state index in [1.54, 1.807) is 13.0 Å². The molecule has 1 rings (SSSR count). The number of nitriles is 1. The molecule has 0 saturated heterocycles. The van der Waals surface area contributed by atoms with Crippen LogP contribution in [0.3, 0.4) is 0 Å². The Balaban J connectivity index is 3.21. The van der Waals surface area contributed by atoms with E-state index in [2.05, 4.69) is 20.9 Å². The van der Waals surface area contributed by atoms with Gasteiger partial charge in [0.2, 0.25) is 0 Å². The zero-order valence-electron chi connectivity index (χ0n) is 7.39. The molecule has 0 aliphatic carbocycles. The van der Waals surface area contributed by atoms with Crippen molar-refractivity contribution in [2.45, 2.75) is 19.8 Å². The predicted octanol–water partition coefficient (Wildman–Crippen LogP) is 3.16. The first-order valence-corrected chi connectivity index (χ1v) is 4.66. The molecule has 0 aliphatic rings. The van der Waals surface area contributed by atoms with Gasteiger partial charge in [-0.05, 0) is 34.5 Å². The Bertz CT molecular complexity index is 385. The number of halogens is 3. The predicted molar refractivity (Wildman–Crippen MR) is 50.9 cm³/mol. The molecule has 0 N–H and O–H groups in total. The Hall–Kier alpha value is -1.02. The lowest BCUT2D eigenvalue weighted by molar-refractivity contribution is 0.145. The van der Waals surface area contributed by atoms with Crippen molar-refractivity contribution in [2.75, 3.05) is 0 Å². The summed E-state index contributed by atoms with van der Waals surface area (Å²) in [4.78, 5) is 3.74. The van der Waals surface area contributed by atoms with Crippen LogP contribution >= 0.6 is 15.9 Å². The summed E-state index contributed by atoms with van der Waals surface area (Å²) in [5.74, 6) is 0. The normalized spacial score (nSPS) is 10.3. The molecule has 0 unspecified atom stereocenters. The number of aromatic nitrogens is 1. The van der Waals surface area contributed by atoms with Crippen LogP contribution in [0.5, 0.6) is 0 Å². The smallest absolute Gasteiger partial charge is 0.249 e. The summed E-state index contributed by atoms with van der Waals surface area (Å²) in [7, 11) is 0. The van der Waals surface area contributed by atoms with Gasteiger partial charge >= 0.3 is 0 Å².